The molecule has 1 aromatic carbocycles. The number of anilines is 1. The lowest BCUT2D eigenvalue weighted by Gasteiger charge is -2.22. The molecule has 5 rings (SSSR count). The molecule has 3 aromatic rings. The molecule has 2 aromatic heterocycles. The van der Waals surface area contributed by atoms with Crippen molar-refractivity contribution >= 4 is 11.3 Å². The van der Waals surface area contributed by atoms with Crippen molar-refractivity contribution in [3.63, 3.8) is 0 Å². The highest BCUT2D eigenvalue weighted by Crippen LogP contribution is 2.34. The van der Waals surface area contributed by atoms with Crippen LogP contribution in [0.25, 0.3) is 16.9 Å². The lowest BCUT2D eigenvalue weighted by molar-refractivity contribution is 0.355. The van der Waals surface area contributed by atoms with Gasteiger partial charge in [0.15, 0.2) is 11.5 Å². The van der Waals surface area contributed by atoms with E-state index < -0.39 is 0 Å². The Labute approximate surface area is 181 Å². The molecule has 2 fully saturated rings. The average Bonchev–Trinajstić information content (AvgIpc) is 3.31. The number of benzene rings is 1. The van der Waals surface area contributed by atoms with Gasteiger partial charge in [0.25, 0.3) is 5.56 Å². The lowest BCUT2D eigenvalue weighted by Crippen LogP contribution is -2.27. The summed E-state index contributed by atoms with van der Waals surface area (Å²) in [6, 6.07) is 9.31. The predicted molar refractivity (Wildman–Crippen MR) is 121 cm³/mol. The summed E-state index contributed by atoms with van der Waals surface area (Å²) < 4.78 is 12.4. The standard InChI is InChI=1S/C24H28N4O3/c1-15-7-19(27-12-17-10-26(2)11-18(17)13-27)14-28-23(29)9-20(25-24(15)28)16-5-6-21(30-3)22(8-16)31-4/h5-9,14,17-18H,10-13H2,1-4H3. The Morgan fingerprint density at radius 2 is 1.68 bits per heavy atom. The highest BCUT2D eigenvalue weighted by Gasteiger charge is 2.38. The zero-order valence-corrected chi connectivity index (χ0v) is 18.5. The van der Waals surface area contributed by atoms with E-state index in [-0.39, 0.29) is 5.56 Å². The van der Waals surface area contributed by atoms with Gasteiger partial charge >= 0.3 is 0 Å². The van der Waals surface area contributed by atoms with Gasteiger partial charge in [-0.3, -0.25) is 9.20 Å². The van der Waals surface area contributed by atoms with E-state index in [9.17, 15) is 4.79 Å². The third-order valence-electron chi connectivity index (χ3n) is 6.64. The van der Waals surface area contributed by atoms with Crippen molar-refractivity contribution in [2.45, 2.75) is 6.92 Å². The maximum Gasteiger partial charge on any atom is 0.258 e. The molecule has 0 saturated carbocycles. The topological polar surface area (TPSA) is 59.3 Å². The third kappa shape index (κ3) is 3.43. The number of pyridine rings is 1. The van der Waals surface area contributed by atoms with Gasteiger partial charge in [-0.25, -0.2) is 4.98 Å². The molecule has 7 heteroatoms. The van der Waals surface area contributed by atoms with Gasteiger partial charge in [0.1, 0.15) is 5.65 Å². The molecule has 2 aliphatic heterocycles. The van der Waals surface area contributed by atoms with Crippen LogP contribution in [0.5, 0.6) is 11.5 Å². The minimum Gasteiger partial charge on any atom is -0.493 e. The Balaban J connectivity index is 1.52. The molecule has 2 unspecified atom stereocenters. The van der Waals surface area contributed by atoms with E-state index in [0.29, 0.717) is 34.7 Å². The molecular formula is C24H28N4O3. The van der Waals surface area contributed by atoms with Crippen molar-refractivity contribution in [3.05, 3.63) is 52.4 Å². The van der Waals surface area contributed by atoms with Crippen LogP contribution in [-0.4, -0.2) is 61.7 Å². The number of rotatable bonds is 4. The van der Waals surface area contributed by atoms with Crippen LogP contribution in [0.1, 0.15) is 5.56 Å². The molecular weight excluding hydrogens is 392 g/mol. The first-order chi connectivity index (χ1) is 15.0. The quantitative estimate of drug-likeness (QED) is 0.647. The normalized spacial score (nSPS) is 21.0. The predicted octanol–water partition coefficient (Wildman–Crippen LogP) is 2.68. The summed E-state index contributed by atoms with van der Waals surface area (Å²) in [5.74, 6) is 2.68. The van der Waals surface area contributed by atoms with E-state index in [1.165, 1.54) is 0 Å². The van der Waals surface area contributed by atoms with E-state index in [1.54, 1.807) is 24.7 Å². The summed E-state index contributed by atoms with van der Waals surface area (Å²) >= 11 is 0. The van der Waals surface area contributed by atoms with Crippen molar-refractivity contribution in [2.75, 3.05) is 52.3 Å². The van der Waals surface area contributed by atoms with E-state index in [4.69, 9.17) is 14.5 Å². The molecule has 31 heavy (non-hydrogen) atoms. The van der Waals surface area contributed by atoms with Gasteiger partial charge < -0.3 is 19.3 Å². The van der Waals surface area contributed by atoms with Crippen molar-refractivity contribution < 1.29 is 9.47 Å². The maximum absolute atomic E-state index is 13.1. The van der Waals surface area contributed by atoms with Crippen molar-refractivity contribution in [1.29, 1.82) is 0 Å². The molecule has 0 radical (unpaired) electrons. The van der Waals surface area contributed by atoms with Crippen molar-refractivity contribution in [3.8, 4) is 22.8 Å². The Hall–Kier alpha value is -3.06. The summed E-state index contributed by atoms with van der Waals surface area (Å²) in [5, 5.41) is 0. The van der Waals surface area contributed by atoms with Gasteiger partial charge in [-0.1, -0.05) is 0 Å². The van der Waals surface area contributed by atoms with Gasteiger partial charge in [-0.15, -0.1) is 0 Å². The smallest absolute Gasteiger partial charge is 0.258 e. The molecule has 2 atom stereocenters. The Bertz CT molecular complexity index is 1190. The second-order valence-electron chi connectivity index (χ2n) is 8.77. The van der Waals surface area contributed by atoms with E-state index in [0.717, 1.165) is 43.0 Å². The second-order valence-corrected chi connectivity index (χ2v) is 8.77. The second kappa shape index (κ2) is 7.57. The summed E-state index contributed by atoms with van der Waals surface area (Å²) in [5.41, 5.74) is 4.13. The minimum atomic E-state index is -0.0844. The van der Waals surface area contributed by atoms with Crippen LogP contribution in [0.15, 0.2) is 41.3 Å². The summed E-state index contributed by atoms with van der Waals surface area (Å²) in [4.78, 5) is 22.7. The first-order valence-electron chi connectivity index (χ1n) is 10.7. The molecule has 0 amide bonds. The number of hydrogen-bond acceptors (Lipinski definition) is 6. The molecule has 2 saturated heterocycles. The first kappa shape index (κ1) is 19.9. The van der Waals surface area contributed by atoms with Crippen LogP contribution in [0.4, 0.5) is 5.69 Å². The molecule has 4 heterocycles. The number of nitrogens with zero attached hydrogens (tertiary/aromatic N) is 4. The fourth-order valence-corrected chi connectivity index (χ4v) is 5.10. The van der Waals surface area contributed by atoms with Gasteiger partial charge in [-0.2, -0.15) is 0 Å². The zero-order valence-electron chi connectivity index (χ0n) is 18.5. The summed E-state index contributed by atoms with van der Waals surface area (Å²) in [7, 11) is 5.40. The van der Waals surface area contributed by atoms with Crippen LogP contribution < -0.4 is 19.9 Å². The van der Waals surface area contributed by atoms with Crippen molar-refractivity contribution in [1.82, 2.24) is 14.3 Å². The molecule has 0 bridgehead atoms. The number of likely N-dealkylation sites (tertiary alicyclic amines) is 1. The summed E-state index contributed by atoms with van der Waals surface area (Å²) in [6.07, 6.45) is 1.95. The molecule has 0 aliphatic carbocycles. The van der Waals surface area contributed by atoms with Crippen LogP contribution >= 0.6 is 0 Å². The Morgan fingerprint density at radius 3 is 2.35 bits per heavy atom. The fraction of sp³-hybridized carbons (Fsp3) is 0.417. The first-order valence-corrected chi connectivity index (χ1v) is 10.7. The van der Waals surface area contributed by atoms with E-state index >= 15 is 0 Å². The van der Waals surface area contributed by atoms with Gasteiger partial charge in [0, 0.05) is 44.0 Å². The number of aromatic nitrogens is 2. The number of hydrogen-bond donors (Lipinski definition) is 0. The largest absolute Gasteiger partial charge is 0.493 e. The van der Waals surface area contributed by atoms with E-state index in [1.807, 2.05) is 31.3 Å². The molecule has 7 nitrogen and oxygen atoms in total. The van der Waals surface area contributed by atoms with Crippen LogP contribution in [0.3, 0.4) is 0 Å². The Morgan fingerprint density at radius 1 is 0.968 bits per heavy atom. The van der Waals surface area contributed by atoms with Gasteiger partial charge in [0.2, 0.25) is 0 Å². The zero-order chi connectivity index (χ0) is 21.7. The number of aryl methyl sites for hydroxylation is 1. The van der Waals surface area contributed by atoms with Crippen LogP contribution in [0.2, 0.25) is 0 Å². The minimum absolute atomic E-state index is 0.0844. The fourth-order valence-electron chi connectivity index (χ4n) is 5.10. The average molecular weight is 421 g/mol. The Kier molecular flexibility index (Phi) is 4.85. The van der Waals surface area contributed by atoms with Gasteiger partial charge in [0.05, 0.1) is 25.6 Å². The highest BCUT2D eigenvalue weighted by molar-refractivity contribution is 5.67. The van der Waals surface area contributed by atoms with Gasteiger partial charge in [-0.05, 0) is 55.6 Å². The highest BCUT2D eigenvalue weighted by atomic mass is 16.5. The monoisotopic (exact) mass is 420 g/mol. The number of fused-ring (bicyclic) bond motifs is 2. The molecule has 0 N–H and O–H groups in total. The van der Waals surface area contributed by atoms with Crippen molar-refractivity contribution in [2.24, 2.45) is 11.8 Å². The van der Waals surface area contributed by atoms with E-state index in [2.05, 4.69) is 22.9 Å². The number of ether oxygens (including phenoxy) is 2. The maximum atomic E-state index is 13.1. The third-order valence-corrected chi connectivity index (χ3v) is 6.64. The molecule has 2 aliphatic rings. The SMILES string of the molecule is COc1ccc(-c2cc(=O)n3cc(N4CC5CN(C)CC5C4)cc(C)c3n2)cc1OC. The number of methoxy groups -OCH3 is 2. The summed E-state index contributed by atoms with van der Waals surface area (Å²) in [6.45, 7) is 6.43. The molecule has 0 spiro atoms. The van der Waals surface area contributed by atoms with Crippen LogP contribution in [-0.2, 0) is 0 Å². The van der Waals surface area contributed by atoms with Crippen LogP contribution in [0, 0.1) is 18.8 Å². The molecule has 162 valence electrons. The lowest BCUT2D eigenvalue weighted by atomic mass is 10.0.